The van der Waals surface area contributed by atoms with E-state index in [2.05, 4.69) is 108 Å². The molecule has 2 heterocycles. The van der Waals surface area contributed by atoms with E-state index in [4.69, 9.17) is 0 Å². The Morgan fingerprint density at radius 1 is 0.367 bits per heavy atom. The fraction of sp³-hybridized carbons (Fsp3) is 0.308. The molecule has 30 heavy (non-hydrogen) atoms. The van der Waals surface area contributed by atoms with Crippen molar-refractivity contribution in [2.45, 2.75) is 46.0 Å². The predicted molar refractivity (Wildman–Crippen MR) is 139 cm³/mol. The van der Waals surface area contributed by atoms with Gasteiger partial charge in [0.15, 0.2) is 0 Å². The largest absolute Gasteiger partial charge is 0.152 e. The molecule has 0 spiro atoms. The normalized spacial score (nSPS) is 17.1. The van der Waals surface area contributed by atoms with Gasteiger partial charge in [-0.15, -0.1) is 0 Å². The summed E-state index contributed by atoms with van der Waals surface area (Å²) >= 11 is 8.25. The summed E-state index contributed by atoms with van der Waals surface area (Å²) in [6.45, 7) is 0. The molecule has 0 fully saturated rings. The smallest absolute Gasteiger partial charge is 0.0191 e. The van der Waals surface area contributed by atoms with Crippen molar-refractivity contribution in [2.75, 3.05) is 0 Å². The highest BCUT2D eigenvalue weighted by molar-refractivity contribution is 7.98. The van der Waals surface area contributed by atoms with E-state index in [0.717, 1.165) is 46.0 Å². The van der Waals surface area contributed by atoms with E-state index >= 15 is 0 Å². The molecule has 0 atom stereocenters. The lowest BCUT2D eigenvalue weighted by Crippen LogP contribution is -2.01. The molecule has 2 aliphatic heterocycles. The highest BCUT2D eigenvalue weighted by Crippen LogP contribution is 2.33. The Morgan fingerprint density at radius 3 is 0.967 bits per heavy atom. The summed E-state index contributed by atoms with van der Waals surface area (Å²) in [6, 6.07) is 23.5. The van der Waals surface area contributed by atoms with Gasteiger partial charge in [0, 0.05) is 46.0 Å². The Balaban J connectivity index is 1.44. The van der Waals surface area contributed by atoms with Gasteiger partial charge in [-0.2, -0.15) is 47.0 Å². The van der Waals surface area contributed by atoms with Crippen molar-refractivity contribution in [3.05, 3.63) is 105 Å². The third-order valence-corrected chi connectivity index (χ3v) is 9.82. The van der Waals surface area contributed by atoms with E-state index in [1.807, 2.05) is 0 Å². The van der Waals surface area contributed by atoms with Crippen molar-refractivity contribution in [3.8, 4) is 0 Å². The van der Waals surface area contributed by atoms with Gasteiger partial charge < -0.3 is 0 Å². The summed E-state index contributed by atoms with van der Waals surface area (Å²) in [4.78, 5) is 0. The van der Waals surface area contributed by atoms with Crippen LogP contribution in [0.5, 0.6) is 0 Å². The standard InChI is InChI=1S/C26H26S4/c1-3-19-7-20(4-1)12-28-16-24-9-23(15-27-11-19)25-10-26(24)18-30-14-22-6-2-5-21(8-22)13-29-17-25/h1-10H,11-18H2. The third kappa shape index (κ3) is 5.27. The van der Waals surface area contributed by atoms with Gasteiger partial charge in [-0.3, -0.25) is 0 Å². The Bertz CT molecular complexity index is 875. The van der Waals surface area contributed by atoms with Crippen LogP contribution in [0.1, 0.15) is 44.5 Å². The maximum absolute atomic E-state index is 2.55. The number of hydrogen-bond acceptors (Lipinski definition) is 4. The van der Waals surface area contributed by atoms with Crippen molar-refractivity contribution < 1.29 is 0 Å². The molecule has 5 rings (SSSR count). The van der Waals surface area contributed by atoms with Crippen LogP contribution >= 0.6 is 47.0 Å². The molecule has 0 saturated carbocycles. The van der Waals surface area contributed by atoms with Crippen molar-refractivity contribution in [1.82, 2.24) is 0 Å². The molecule has 0 aliphatic carbocycles. The molecule has 0 aromatic heterocycles. The SMILES string of the molecule is c1cc2cc(c1)CSCc1cc(c3cc1CSCc1cccc(c1)CSC3)CSC2. The molecular formula is C26H26S4. The molecule has 0 unspecified atom stereocenters. The van der Waals surface area contributed by atoms with Crippen molar-refractivity contribution in [1.29, 1.82) is 0 Å². The van der Waals surface area contributed by atoms with E-state index in [0.29, 0.717) is 0 Å². The van der Waals surface area contributed by atoms with Gasteiger partial charge in [-0.1, -0.05) is 60.7 Å². The van der Waals surface area contributed by atoms with Crippen LogP contribution in [0.3, 0.4) is 0 Å². The molecular weight excluding hydrogens is 441 g/mol. The molecule has 0 radical (unpaired) electrons. The molecule has 0 N–H and O–H groups in total. The minimum atomic E-state index is 1.10. The number of benzene rings is 3. The molecule has 154 valence electrons. The monoisotopic (exact) mass is 466 g/mol. The number of fused-ring (bicyclic) bond motifs is 10. The Morgan fingerprint density at radius 2 is 0.667 bits per heavy atom. The molecule has 0 amide bonds. The van der Waals surface area contributed by atoms with Gasteiger partial charge in [0.25, 0.3) is 0 Å². The first-order valence-corrected chi connectivity index (χ1v) is 15.1. The molecule has 3 aromatic rings. The van der Waals surface area contributed by atoms with Gasteiger partial charge in [0.2, 0.25) is 0 Å². The fourth-order valence-corrected chi connectivity index (χ4v) is 8.09. The van der Waals surface area contributed by atoms with Gasteiger partial charge in [0.1, 0.15) is 0 Å². The first-order valence-electron chi connectivity index (χ1n) is 10.4. The number of rotatable bonds is 0. The lowest BCUT2D eigenvalue weighted by molar-refractivity contribution is 1.17. The maximum atomic E-state index is 2.55. The number of thioether (sulfide) groups is 4. The molecule has 2 aliphatic rings. The second-order valence-corrected chi connectivity index (χ2v) is 11.9. The van der Waals surface area contributed by atoms with Crippen LogP contribution in [-0.2, 0) is 46.0 Å². The Kier molecular flexibility index (Phi) is 7.06. The highest BCUT2D eigenvalue weighted by Gasteiger charge is 2.14. The van der Waals surface area contributed by atoms with E-state index in [1.54, 1.807) is 22.3 Å². The highest BCUT2D eigenvalue weighted by atomic mass is 32.2. The van der Waals surface area contributed by atoms with Crippen LogP contribution in [0.15, 0.2) is 60.7 Å². The summed E-state index contributed by atoms with van der Waals surface area (Å²) in [5.41, 5.74) is 12.1. The average molecular weight is 467 g/mol. The van der Waals surface area contributed by atoms with Gasteiger partial charge in [0.05, 0.1) is 0 Å². The quantitative estimate of drug-likeness (QED) is 0.328. The van der Waals surface area contributed by atoms with Crippen LogP contribution in [0.4, 0.5) is 0 Å². The predicted octanol–water partition coefficient (Wildman–Crippen LogP) is 8.05. The zero-order valence-corrected chi connectivity index (χ0v) is 20.3. The summed E-state index contributed by atoms with van der Waals surface area (Å²) in [7, 11) is 0. The molecule has 3 aromatic carbocycles. The van der Waals surface area contributed by atoms with Crippen LogP contribution in [0.2, 0.25) is 0 Å². The second-order valence-electron chi connectivity index (χ2n) is 8.00. The topological polar surface area (TPSA) is 0 Å². The van der Waals surface area contributed by atoms with Crippen molar-refractivity contribution in [3.63, 3.8) is 0 Å². The Labute approximate surface area is 197 Å². The van der Waals surface area contributed by atoms with Gasteiger partial charge >= 0.3 is 0 Å². The molecule has 8 bridgehead atoms. The van der Waals surface area contributed by atoms with E-state index in [1.165, 1.54) is 22.3 Å². The van der Waals surface area contributed by atoms with Gasteiger partial charge in [-0.05, 0) is 44.5 Å². The third-order valence-electron chi connectivity index (χ3n) is 5.61. The second kappa shape index (κ2) is 10.1. The summed E-state index contributed by atoms with van der Waals surface area (Å²) in [6.07, 6.45) is 0. The van der Waals surface area contributed by atoms with E-state index in [-0.39, 0.29) is 0 Å². The summed E-state index contributed by atoms with van der Waals surface area (Å²) < 4.78 is 0. The van der Waals surface area contributed by atoms with E-state index in [9.17, 15) is 0 Å². The fourth-order valence-electron chi connectivity index (χ4n) is 4.06. The molecule has 0 nitrogen and oxygen atoms in total. The summed E-state index contributed by atoms with van der Waals surface area (Å²) in [5.74, 6) is 8.86. The summed E-state index contributed by atoms with van der Waals surface area (Å²) in [5, 5.41) is 0. The van der Waals surface area contributed by atoms with E-state index < -0.39 is 0 Å². The average Bonchev–Trinajstić information content (AvgIpc) is 2.75. The van der Waals surface area contributed by atoms with Crippen molar-refractivity contribution in [2.24, 2.45) is 0 Å². The minimum absolute atomic E-state index is 1.10. The minimum Gasteiger partial charge on any atom is -0.152 e. The van der Waals surface area contributed by atoms with Crippen LogP contribution in [0.25, 0.3) is 0 Å². The lowest BCUT2D eigenvalue weighted by Gasteiger charge is -2.18. The zero-order valence-electron chi connectivity index (χ0n) is 17.1. The van der Waals surface area contributed by atoms with Gasteiger partial charge in [-0.25, -0.2) is 0 Å². The maximum Gasteiger partial charge on any atom is 0.0191 e. The Hall–Kier alpha value is -0.940. The van der Waals surface area contributed by atoms with Crippen LogP contribution in [0, 0.1) is 0 Å². The van der Waals surface area contributed by atoms with Crippen LogP contribution in [-0.4, -0.2) is 0 Å². The lowest BCUT2D eigenvalue weighted by atomic mass is 10.0. The number of hydrogen-bond donors (Lipinski definition) is 0. The zero-order chi connectivity index (χ0) is 20.2. The first-order chi connectivity index (χ1) is 14.8. The van der Waals surface area contributed by atoms with Crippen molar-refractivity contribution >= 4 is 47.0 Å². The molecule has 0 saturated heterocycles. The molecule has 4 heteroatoms. The van der Waals surface area contributed by atoms with Crippen LogP contribution < -0.4 is 0 Å². The first kappa shape index (κ1) is 20.9.